The fraction of sp³-hybridized carbons (Fsp3) is 0.318. The molecule has 0 unspecified atom stereocenters. The third-order valence-electron chi connectivity index (χ3n) is 5.32. The molecule has 29 heavy (non-hydrogen) atoms. The lowest BCUT2D eigenvalue weighted by Crippen LogP contribution is -2.49. The summed E-state index contributed by atoms with van der Waals surface area (Å²) in [5.41, 5.74) is 2.21. The van der Waals surface area contributed by atoms with Crippen molar-refractivity contribution in [3.05, 3.63) is 59.9 Å². The van der Waals surface area contributed by atoms with Crippen LogP contribution in [-0.4, -0.2) is 59.1 Å². The molecule has 150 valence electrons. The quantitative estimate of drug-likeness (QED) is 0.639. The number of aromatic nitrogens is 2. The highest BCUT2D eigenvalue weighted by Crippen LogP contribution is 2.21. The van der Waals surface area contributed by atoms with Crippen molar-refractivity contribution in [2.75, 3.05) is 37.7 Å². The topological polar surface area (TPSA) is 67.7 Å². The minimum Gasteiger partial charge on any atom is -0.462 e. The first-order chi connectivity index (χ1) is 14.1. The molecule has 0 aliphatic carbocycles. The van der Waals surface area contributed by atoms with E-state index < -0.39 is 0 Å². The number of nitrogens with zero attached hydrogens (tertiary/aromatic N) is 4. The largest absolute Gasteiger partial charge is 0.462 e. The standard InChI is InChI=1S/C22H24N4O3/c1-3-29-22(28)17-8-9-20(23-15-17)25-10-12-26(13-11-25)21(27)19-14-16-6-4-5-7-18(16)24(19)2/h4-9,14-15H,3,10-13H2,1-2H3. The van der Waals surface area contributed by atoms with Gasteiger partial charge in [-0.1, -0.05) is 18.2 Å². The lowest BCUT2D eigenvalue weighted by molar-refractivity contribution is 0.0525. The van der Waals surface area contributed by atoms with Crippen LogP contribution in [0.25, 0.3) is 10.9 Å². The summed E-state index contributed by atoms with van der Waals surface area (Å²) in [6.45, 7) is 4.76. The zero-order valence-electron chi connectivity index (χ0n) is 16.7. The number of rotatable bonds is 4. The van der Waals surface area contributed by atoms with Crippen molar-refractivity contribution in [1.82, 2.24) is 14.5 Å². The minimum atomic E-state index is -0.364. The maximum atomic E-state index is 13.0. The normalized spacial score (nSPS) is 14.3. The first kappa shape index (κ1) is 19.0. The summed E-state index contributed by atoms with van der Waals surface area (Å²) in [5.74, 6) is 0.487. The molecule has 0 radical (unpaired) electrons. The van der Waals surface area contributed by atoms with Crippen LogP contribution < -0.4 is 4.90 Å². The predicted octanol–water partition coefficient (Wildman–Crippen LogP) is 2.71. The zero-order chi connectivity index (χ0) is 20.4. The van der Waals surface area contributed by atoms with Crippen molar-refractivity contribution < 1.29 is 14.3 Å². The Morgan fingerprint density at radius 2 is 1.83 bits per heavy atom. The van der Waals surface area contributed by atoms with Crippen LogP contribution in [0.15, 0.2) is 48.7 Å². The van der Waals surface area contributed by atoms with Gasteiger partial charge in [0.15, 0.2) is 0 Å². The number of piperazine rings is 1. The molecule has 1 saturated heterocycles. The van der Waals surface area contributed by atoms with Crippen LogP contribution in [0.3, 0.4) is 0 Å². The van der Waals surface area contributed by atoms with Crippen LogP contribution in [-0.2, 0) is 11.8 Å². The fourth-order valence-corrected chi connectivity index (χ4v) is 3.70. The van der Waals surface area contributed by atoms with E-state index in [4.69, 9.17) is 4.74 Å². The molecule has 7 nitrogen and oxygen atoms in total. The number of amides is 1. The Hall–Kier alpha value is -3.35. The summed E-state index contributed by atoms with van der Waals surface area (Å²) >= 11 is 0. The van der Waals surface area contributed by atoms with Crippen LogP contribution in [0, 0.1) is 0 Å². The van der Waals surface area contributed by atoms with E-state index in [0.717, 1.165) is 16.7 Å². The van der Waals surface area contributed by atoms with Crippen molar-refractivity contribution in [3.8, 4) is 0 Å². The van der Waals surface area contributed by atoms with E-state index >= 15 is 0 Å². The Bertz CT molecular complexity index is 1030. The van der Waals surface area contributed by atoms with Gasteiger partial charge in [-0.3, -0.25) is 4.79 Å². The van der Waals surface area contributed by atoms with Gasteiger partial charge < -0.3 is 19.1 Å². The molecule has 1 aliphatic heterocycles. The van der Waals surface area contributed by atoms with Gasteiger partial charge in [-0.2, -0.15) is 0 Å². The average Bonchev–Trinajstić information content (AvgIpc) is 3.10. The molecule has 3 heterocycles. The van der Waals surface area contributed by atoms with E-state index in [9.17, 15) is 9.59 Å². The number of benzene rings is 1. The SMILES string of the molecule is CCOC(=O)c1ccc(N2CCN(C(=O)c3cc4ccccc4n3C)CC2)nc1. The summed E-state index contributed by atoms with van der Waals surface area (Å²) in [4.78, 5) is 33.2. The Morgan fingerprint density at radius 3 is 2.48 bits per heavy atom. The molecule has 3 aromatic rings. The molecule has 1 aromatic carbocycles. The van der Waals surface area contributed by atoms with E-state index in [-0.39, 0.29) is 11.9 Å². The molecule has 7 heteroatoms. The number of fused-ring (bicyclic) bond motifs is 1. The molecular weight excluding hydrogens is 368 g/mol. The first-order valence-electron chi connectivity index (χ1n) is 9.80. The number of para-hydroxylation sites is 1. The van der Waals surface area contributed by atoms with Gasteiger partial charge in [0, 0.05) is 50.3 Å². The number of carbonyl (C=O) groups excluding carboxylic acids is 2. The number of aryl methyl sites for hydroxylation is 1. The van der Waals surface area contributed by atoms with Gasteiger partial charge >= 0.3 is 5.97 Å². The van der Waals surface area contributed by atoms with Crippen LogP contribution in [0.4, 0.5) is 5.82 Å². The monoisotopic (exact) mass is 392 g/mol. The maximum Gasteiger partial charge on any atom is 0.339 e. The van der Waals surface area contributed by atoms with Crippen LogP contribution in [0.5, 0.6) is 0 Å². The van der Waals surface area contributed by atoms with E-state index in [0.29, 0.717) is 44.0 Å². The molecule has 0 atom stereocenters. The highest BCUT2D eigenvalue weighted by Gasteiger charge is 2.25. The van der Waals surface area contributed by atoms with Crippen molar-refractivity contribution in [3.63, 3.8) is 0 Å². The molecule has 1 fully saturated rings. The van der Waals surface area contributed by atoms with E-state index in [1.165, 1.54) is 0 Å². The number of hydrogen-bond donors (Lipinski definition) is 0. The molecule has 2 aromatic heterocycles. The number of carbonyl (C=O) groups is 2. The number of pyridine rings is 1. The predicted molar refractivity (Wildman–Crippen MR) is 111 cm³/mol. The smallest absolute Gasteiger partial charge is 0.339 e. The molecule has 1 amide bonds. The van der Waals surface area contributed by atoms with Crippen molar-refractivity contribution in [2.24, 2.45) is 7.05 Å². The molecule has 4 rings (SSSR count). The van der Waals surface area contributed by atoms with Crippen molar-refractivity contribution in [2.45, 2.75) is 6.92 Å². The van der Waals surface area contributed by atoms with Gasteiger partial charge in [-0.25, -0.2) is 9.78 Å². The van der Waals surface area contributed by atoms with Crippen LogP contribution in [0.1, 0.15) is 27.8 Å². The third kappa shape index (κ3) is 3.68. The minimum absolute atomic E-state index is 0.0500. The molecule has 1 aliphatic rings. The third-order valence-corrected chi connectivity index (χ3v) is 5.32. The summed E-state index contributed by atoms with van der Waals surface area (Å²) < 4.78 is 6.95. The van der Waals surface area contributed by atoms with E-state index in [2.05, 4.69) is 9.88 Å². The van der Waals surface area contributed by atoms with Crippen molar-refractivity contribution in [1.29, 1.82) is 0 Å². The Morgan fingerprint density at radius 1 is 1.07 bits per heavy atom. The average molecular weight is 392 g/mol. The summed E-state index contributed by atoms with van der Waals surface area (Å²) in [7, 11) is 1.93. The van der Waals surface area contributed by atoms with Gasteiger partial charge in [0.25, 0.3) is 5.91 Å². The lowest BCUT2D eigenvalue weighted by Gasteiger charge is -2.35. The number of anilines is 1. The van der Waals surface area contributed by atoms with Gasteiger partial charge in [-0.05, 0) is 31.2 Å². The molecule has 0 bridgehead atoms. The summed E-state index contributed by atoms with van der Waals surface area (Å²) in [5, 5.41) is 1.07. The van der Waals surface area contributed by atoms with E-state index in [1.54, 1.807) is 19.2 Å². The van der Waals surface area contributed by atoms with E-state index in [1.807, 2.05) is 52.9 Å². The number of ether oxygens (including phenoxy) is 1. The second-order valence-electron chi connectivity index (χ2n) is 7.05. The maximum absolute atomic E-state index is 13.0. The number of esters is 1. The number of hydrogen-bond acceptors (Lipinski definition) is 5. The zero-order valence-corrected chi connectivity index (χ0v) is 16.7. The molecule has 0 saturated carbocycles. The molecular formula is C22H24N4O3. The highest BCUT2D eigenvalue weighted by molar-refractivity contribution is 5.98. The van der Waals surface area contributed by atoms with Crippen molar-refractivity contribution >= 4 is 28.6 Å². The van der Waals surface area contributed by atoms with Gasteiger partial charge in [0.05, 0.1) is 12.2 Å². The second kappa shape index (κ2) is 7.95. The Balaban J connectivity index is 1.42. The second-order valence-corrected chi connectivity index (χ2v) is 7.05. The lowest BCUT2D eigenvalue weighted by atomic mass is 10.2. The van der Waals surface area contributed by atoms with Gasteiger partial charge in [0.1, 0.15) is 11.5 Å². The first-order valence-corrected chi connectivity index (χ1v) is 9.80. The molecule has 0 N–H and O–H groups in total. The molecule has 0 spiro atoms. The Kier molecular flexibility index (Phi) is 5.20. The fourth-order valence-electron chi connectivity index (χ4n) is 3.70. The van der Waals surface area contributed by atoms with Gasteiger partial charge in [-0.15, -0.1) is 0 Å². The highest BCUT2D eigenvalue weighted by atomic mass is 16.5. The van der Waals surface area contributed by atoms with Crippen LogP contribution >= 0.6 is 0 Å². The van der Waals surface area contributed by atoms with Gasteiger partial charge in [0.2, 0.25) is 0 Å². The summed E-state index contributed by atoms with van der Waals surface area (Å²) in [6.07, 6.45) is 1.54. The van der Waals surface area contributed by atoms with Crippen LogP contribution in [0.2, 0.25) is 0 Å². The summed E-state index contributed by atoms with van der Waals surface area (Å²) in [6, 6.07) is 13.5. The Labute approximate surface area is 169 Å².